The highest BCUT2D eigenvalue weighted by molar-refractivity contribution is 8.11. The molecule has 0 fully saturated rings. The van der Waals surface area contributed by atoms with Gasteiger partial charge >= 0.3 is 0 Å². The Morgan fingerprint density at radius 1 is 1.25 bits per heavy atom. The molecule has 1 rings (SSSR count). The molecule has 0 N–H and O–H groups in total. The number of aliphatic imine (C=N–C) groups is 1. The van der Waals surface area contributed by atoms with E-state index in [9.17, 15) is 0 Å². The summed E-state index contributed by atoms with van der Waals surface area (Å²) >= 11 is 3.68. The highest BCUT2D eigenvalue weighted by Crippen LogP contribution is 2.10. The first-order chi connectivity index (χ1) is 7.93. The predicted octanol–water partition coefficient (Wildman–Crippen LogP) is 4.44. The van der Waals surface area contributed by atoms with Gasteiger partial charge in [-0.15, -0.1) is 23.5 Å². The molecule has 0 atom stereocenters. The average Bonchev–Trinajstić information content (AvgIpc) is 2.34. The predicted molar refractivity (Wildman–Crippen MR) is 78.5 cm³/mol. The lowest BCUT2D eigenvalue weighted by atomic mass is 10.2. The van der Waals surface area contributed by atoms with Gasteiger partial charge in [0.1, 0.15) is 0 Å². The molecule has 0 bridgehead atoms. The molecule has 0 amide bonds. The van der Waals surface area contributed by atoms with E-state index >= 15 is 0 Å². The fourth-order valence-electron chi connectivity index (χ4n) is 1.15. The van der Waals surface area contributed by atoms with Crippen LogP contribution in [0.15, 0.2) is 35.3 Å². The second kappa shape index (κ2) is 9.79. The number of nitrogens with zero attached hydrogens (tertiary/aromatic N) is 1. The minimum atomic E-state index is 0.905. The zero-order chi connectivity index (χ0) is 11.5. The van der Waals surface area contributed by atoms with Crippen molar-refractivity contribution < 1.29 is 0 Å². The van der Waals surface area contributed by atoms with E-state index in [1.54, 1.807) is 11.8 Å². The van der Waals surface area contributed by atoms with Gasteiger partial charge < -0.3 is 0 Å². The Morgan fingerprint density at radius 3 is 2.81 bits per heavy atom. The van der Waals surface area contributed by atoms with Crippen LogP contribution in [-0.4, -0.2) is 17.2 Å². The Morgan fingerprint density at radius 2 is 2.06 bits per heavy atom. The van der Waals surface area contributed by atoms with Crippen molar-refractivity contribution in [3.8, 4) is 0 Å². The summed E-state index contributed by atoms with van der Waals surface area (Å²) in [5.74, 6) is 3.16. The first-order valence-electron chi connectivity index (χ1n) is 5.65. The van der Waals surface area contributed by atoms with Crippen LogP contribution in [0.25, 0.3) is 0 Å². The number of benzene rings is 1. The van der Waals surface area contributed by atoms with Crippen molar-refractivity contribution in [2.45, 2.75) is 25.5 Å². The molecule has 16 heavy (non-hydrogen) atoms. The molecule has 0 aliphatic heterocycles. The van der Waals surface area contributed by atoms with E-state index in [4.69, 9.17) is 0 Å². The standard InChI is InChI=1S/C13H19NS2/c1-2-3-9-15-11-14-12-16-10-13-7-5-4-6-8-13/h4-8,12H,2-3,9-11H2,1H3. The van der Waals surface area contributed by atoms with Crippen molar-refractivity contribution in [1.82, 2.24) is 0 Å². The fourth-order valence-corrected chi connectivity index (χ4v) is 2.69. The Labute approximate surface area is 107 Å². The van der Waals surface area contributed by atoms with E-state index in [1.807, 2.05) is 23.4 Å². The van der Waals surface area contributed by atoms with Crippen molar-refractivity contribution >= 4 is 29.1 Å². The van der Waals surface area contributed by atoms with Gasteiger partial charge in [-0.1, -0.05) is 43.7 Å². The monoisotopic (exact) mass is 253 g/mol. The van der Waals surface area contributed by atoms with Crippen LogP contribution in [0.1, 0.15) is 25.3 Å². The summed E-state index contributed by atoms with van der Waals surface area (Å²) in [4.78, 5) is 4.36. The van der Waals surface area contributed by atoms with Gasteiger partial charge in [0, 0.05) is 5.75 Å². The van der Waals surface area contributed by atoms with Crippen LogP contribution in [0.2, 0.25) is 0 Å². The topological polar surface area (TPSA) is 12.4 Å². The third kappa shape index (κ3) is 6.96. The molecular weight excluding hydrogens is 234 g/mol. The molecule has 0 aliphatic rings. The summed E-state index contributed by atoms with van der Waals surface area (Å²) in [7, 11) is 0. The molecule has 0 spiro atoms. The lowest BCUT2D eigenvalue weighted by molar-refractivity contribution is 0.896. The van der Waals surface area contributed by atoms with Gasteiger partial charge in [-0.2, -0.15) is 0 Å². The highest BCUT2D eigenvalue weighted by Gasteiger charge is 1.89. The summed E-state index contributed by atoms with van der Waals surface area (Å²) in [5, 5.41) is 0. The summed E-state index contributed by atoms with van der Waals surface area (Å²) < 4.78 is 0. The maximum atomic E-state index is 4.36. The SMILES string of the molecule is CCCCSCN=CSCc1ccccc1. The van der Waals surface area contributed by atoms with Crippen molar-refractivity contribution in [2.24, 2.45) is 4.99 Å². The molecule has 88 valence electrons. The van der Waals surface area contributed by atoms with Crippen molar-refractivity contribution in [3.63, 3.8) is 0 Å². The Hall–Kier alpha value is -0.410. The average molecular weight is 253 g/mol. The van der Waals surface area contributed by atoms with Crippen molar-refractivity contribution in [2.75, 3.05) is 11.6 Å². The third-order valence-electron chi connectivity index (χ3n) is 2.05. The van der Waals surface area contributed by atoms with E-state index < -0.39 is 0 Å². The highest BCUT2D eigenvalue weighted by atomic mass is 32.2. The molecule has 0 saturated carbocycles. The minimum Gasteiger partial charge on any atom is -0.276 e. The van der Waals surface area contributed by atoms with E-state index in [1.165, 1.54) is 24.2 Å². The molecule has 0 saturated heterocycles. The quantitative estimate of drug-likeness (QED) is 0.386. The first-order valence-corrected chi connectivity index (χ1v) is 7.85. The molecule has 1 aromatic carbocycles. The van der Waals surface area contributed by atoms with Gasteiger partial charge in [-0.3, -0.25) is 4.99 Å². The molecular formula is C13H19NS2. The summed E-state index contributed by atoms with van der Waals surface area (Å²) in [6.45, 7) is 2.22. The lowest BCUT2D eigenvalue weighted by Crippen LogP contribution is -1.81. The van der Waals surface area contributed by atoms with Gasteiger partial charge in [-0.05, 0) is 17.7 Å². The van der Waals surface area contributed by atoms with Gasteiger partial charge in [0.25, 0.3) is 0 Å². The van der Waals surface area contributed by atoms with Crippen LogP contribution < -0.4 is 0 Å². The Balaban J connectivity index is 2.00. The lowest BCUT2D eigenvalue weighted by Gasteiger charge is -1.96. The van der Waals surface area contributed by atoms with E-state index in [0.29, 0.717) is 0 Å². The zero-order valence-electron chi connectivity index (χ0n) is 9.76. The molecule has 1 aromatic rings. The van der Waals surface area contributed by atoms with Gasteiger partial charge in [-0.25, -0.2) is 0 Å². The van der Waals surface area contributed by atoms with E-state index in [0.717, 1.165) is 11.6 Å². The number of hydrogen-bond acceptors (Lipinski definition) is 3. The molecule has 0 unspecified atom stereocenters. The molecule has 1 nitrogen and oxygen atoms in total. The van der Waals surface area contributed by atoms with Gasteiger partial charge in [0.05, 0.1) is 11.4 Å². The fraction of sp³-hybridized carbons (Fsp3) is 0.462. The molecule has 0 aliphatic carbocycles. The number of hydrogen-bond donors (Lipinski definition) is 0. The number of rotatable bonds is 8. The number of unbranched alkanes of at least 4 members (excludes halogenated alkanes) is 1. The van der Waals surface area contributed by atoms with E-state index in [-0.39, 0.29) is 0 Å². The van der Waals surface area contributed by atoms with Crippen LogP contribution >= 0.6 is 23.5 Å². The smallest absolute Gasteiger partial charge is 0.0850 e. The normalized spacial score (nSPS) is 11.1. The van der Waals surface area contributed by atoms with Crippen LogP contribution in [0.4, 0.5) is 0 Å². The van der Waals surface area contributed by atoms with Crippen LogP contribution in [0, 0.1) is 0 Å². The zero-order valence-corrected chi connectivity index (χ0v) is 11.4. The van der Waals surface area contributed by atoms with E-state index in [2.05, 4.69) is 36.2 Å². The molecule has 0 radical (unpaired) electrons. The molecule has 0 aromatic heterocycles. The Kier molecular flexibility index (Phi) is 8.35. The third-order valence-corrected chi connectivity index (χ3v) is 3.76. The first kappa shape index (κ1) is 13.7. The molecule has 0 heterocycles. The second-order valence-corrected chi connectivity index (χ2v) is 5.38. The second-order valence-electron chi connectivity index (χ2n) is 3.48. The summed E-state index contributed by atoms with van der Waals surface area (Å²) in [6, 6.07) is 10.5. The van der Waals surface area contributed by atoms with Crippen LogP contribution in [0.5, 0.6) is 0 Å². The van der Waals surface area contributed by atoms with Crippen LogP contribution in [-0.2, 0) is 5.75 Å². The minimum absolute atomic E-state index is 0.905. The van der Waals surface area contributed by atoms with Crippen molar-refractivity contribution in [3.05, 3.63) is 35.9 Å². The number of thioether (sulfide) groups is 2. The maximum Gasteiger partial charge on any atom is 0.0850 e. The summed E-state index contributed by atoms with van der Waals surface area (Å²) in [6.07, 6.45) is 2.58. The van der Waals surface area contributed by atoms with Crippen LogP contribution in [0.3, 0.4) is 0 Å². The van der Waals surface area contributed by atoms with Gasteiger partial charge in [0.2, 0.25) is 0 Å². The maximum absolute atomic E-state index is 4.36. The summed E-state index contributed by atoms with van der Waals surface area (Å²) in [5.41, 5.74) is 3.34. The van der Waals surface area contributed by atoms with Crippen molar-refractivity contribution in [1.29, 1.82) is 0 Å². The molecule has 3 heteroatoms. The Bertz CT molecular complexity index is 285. The largest absolute Gasteiger partial charge is 0.276 e. The van der Waals surface area contributed by atoms with Gasteiger partial charge in [0.15, 0.2) is 0 Å².